The van der Waals surface area contributed by atoms with E-state index >= 15 is 0 Å². The van der Waals surface area contributed by atoms with E-state index in [1.165, 1.54) is 15.9 Å². The lowest BCUT2D eigenvalue weighted by molar-refractivity contribution is 0.515. The number of thiophene rings is 1. The molecule has 4 aromatic rings. The second kappa shape index (κ2) is 7.92. The summed E-state index contributed by atoms with van der Waals surface area (Å²) in [4.78, 5) is 0.891. The molecule has 3 heteroatoms. The molecule has 0 aliphatic rings. The van der Waals surface area contributed by atoms with E-state index in [1.54, 1.807) is 11.3 Å². The van der Waals surface area contributed by atoms with Crippen LogP contribution in [0.25, 0.3) is 5.76 Å². The number of benzene rings is 3. The third-order valence-electron chi connectivity index (χ3n) is 4.58. The quantitative estimate of drug-likeness (QED) is 0.349. The number of hydrogen-bond donors (Lipinski definition) is 1. The molecule has 0 amide bonds. The Kier molecular flexibility index (Phi) is 5.20. The summed E-state index contributed by atoms with van der Waals surface area (Å²) in [6.45, 7) is 0. The van der Waals surface area contributed by atoms with E-state index in [1.807, 2.05) is 35.7 Å². The van der Waals surface area contributed by atoms with Crippen molar-refractivity contribution in [2.24, 2.45) is 0 Å². The molecule has 27 heavy (non-hydrogen) atoms. The van der Waals surface area contributed by atoms with Gasteiger partial charge in [-0.25, -0.2) is 0 Å². The van der Waals surface area contributed by atoms with Gasteiger partial charge in [0, 0.05) is 0 Å². The monoisotopic (exact) mass is 387 g/mol. The van der Waals surface area contributed by atoms with E-state index in [2.05, 4.69) is 78.6 Å². The minimum Gasteiger partial charge on any atom is -0.504 e. The van der Waals surface area contributed by atoms with Crippen molar-refractivity contribution in [1.29, 1.82) is 0 Å². The van der Waals surface area contributed by atoms with E-state index in [9.17, 15) is 5.11 Å². The van der Waals surface area contributed by atoms with Gasteiger partial charge in [-0.15, -0.1) is 11.3 Å². The largest absolute Gasteiger partial charge is 0.504 e. The van der Waals surface area contributed by atoms with Gasteiger partial charge in [0.2, 0.25) is 0 Å². The molecule has 0 saturated heterocycles. The predicted octanol–water partition coefficient (Wildman–Crippen LogP) is 5.60. The van der Waals surface area contributed by atoms with Crippen molar-refractivity contribution in [1.82, 2.24) is 0 Å². The number of hydrogen-bond acceptors (Lipinski definition) is 2. The Morgan fingerprint density at radius 1 is 0.630 bits per heavy atom. The van der Waals surface area contributed by atoms with E-state index in [4.69, 9.17) is 0 Å². The second-order valence-corrected chi connectivity index (χ2v) is 10.4. The fraction of sp³-hybridized carbons (Fsp3) is 0. The van der Waals surface area contributed by atoms with Gasteiger partial charge in [-0.3, -0.25) is 0 Å². The Labute approximate surface area is 164 Å². The smallest absolute Gasteiger partial charge is 0.169 e. The molecular weight excluding hydrogens is 367 g/mol. The molecule has 0 saturated carbocycles. The average molecular weight is 387 g/mol. The second-order valence-electron chi connectivity index (χ2n) is 6.22. The molecule has 3 aromatic carbocycles. The van der Waals surface area contributed by atoms with E-state index in [0.29, 0.717) is 5.76 Å². The van der Waals surface area contributed by atoms with Crippen LogP contribution in [-0.4, -0.2) is 5.11 Å². The SMILES string of the molecule is O/C(=C\[P+](c1ccccc1)(c1ccccc1)c1ccccc1)c1cccs1. The summed E-state index contributed by atoms with van der Waals surface area (Å²) >= 11 is 1.56. The van der Waals surface area contributed by atoms with Gasteiger partial charge in [-0.1, -0.05) is 60.7 Å². The molecule has 1 heterocycles. The lowest BCUT2D eigenvalue weighted by Gasteiger charge is -2.24. The average Bonchev–Trinajstić information content (AvgIpc) is 3.29. The van der Waals surface area contributed by atoms with Crippen LogP contribution in [0.5, 0.6) is 0 Å². The molecule has 0 radical (unpaired) electrons. The molecule has 0 aliphatic heterocycles. The predicted molar refractivity (Wildman–Crippen MR) is 120 cm³/mol. The van der Waals surface area contributed by atoms with Crippen LogP contribution in [0.15, 0.2) is 114 Å². The highest BCUT2D eigenvalue weighted by molar-refractivity contribution is 7.98. The molecular formula is C24H20OPS+. The molecule has 0 fully saturated rings. The van der Waals surface area contributed by atoms with Crippen molar-refractivity contribution < 1.29 is 5.11 Å². The Balaban J connectivity index is 2.05. The van der Waals surface area contributed by atoms with Crippen LogP contribution in [0.4, 0.5) is 0 Å². The summed E-state index contributed by atoms with van der Waals surface area (Å²) in [5, 5.41) is 16.7. The Morgan fingerprint density at radius 3 is 1.44 bits per heavy atom. The first kappa shape index (κ1) is 17.7. The van der Waals surface area contributed by atoms with Crippen molar-refractivity contribution in [2.75, 3.05) is 0 Å². The minimum absolute atomic E-state index is 0.342. The number of rotatable bonds is 5. The highest BCUT2D eigenvalue weighted by atomic mass is 32.1. The molecule has 0 spiro atoms. The van der Waals surface area contributed by atoms with Gasteiger partial charge in [0.25, 0.3) is 0 Å². The number of aliphatic hydroxyl groups excluding tert-OH is 1. The highest BCUT2D eigenvalue weighted by Crippen LogP contribution is 2.58. The van der Waals surface area contributed by atoms with Gasteiger partial charge in [0.05, 0.1) is 4.88 Å². The van der Waals surface area contributed by atoms with Crippen molar-refractivity contribution in [3.8, 4) is 0 Å². The van der Waals surface area contributed by atoms with Crippen LogP contribution in [-0.2, 0) is 0 Å². The number of aliphatic hydroxyl groups is 1. The topological polar surface area (TPSA) is 20.2 Å². The highest BCUT2D eigenvalue weighted by Gasteiger charge is 2.44. The summed E-state index contributed by atoms with van der Waals surface area (Å²) in [6, 6.07) is 35.5. The zero-order chi connectivity index (χ0) is 18.5. The molecule has 0 atom stereocenters. The Morgan fingerprint density at radius 2 is 1.07 bits per heavy atom. The van der Waals surface area contributed by atoms with E-state index < -0.39 is 7.26 Å². The standard InChI is InChI=1S/C24H19OPS/c25-23(24-17-10-18-27-24)19-26(20-11-4-1-5-12-20,21-13-6-2-7-14-21)22-15-8-3-9-16-22/h1-19H/p+1/b23-19-. The maximum atomic E-state index is 11.0. The fourth-order valence-electron chi connectivity index (χ4n) is 3.33. The van der Waals surface area contributed by atoms with Gasteiger partial charge in [-0.05, 0) is 47.8 Å². The van der Waals surface area contributed by atoms with Crippen LogP contribution in [0.2, 0.25) is 0 Å². The van der Waals surface area contributed by atoms with Gasteiger partial charge >= 0.3 is 0 Å². The first-order valence-corrected chi connectivity index (χ1v) is 11.6. The van der Waals surface area contributed by atoms with Crippen molar-refractivity contribution in [2.45, 2.75) is 0 Å². The Bertz CT molecular complexity index is 913. The van der Waals surface area contributed by atoms with Crippen LogP contribution >= 0.6 is 18.6 Å². The van der Waals surface area contributed by atoms with Crippen molar-refractivity contribution >= 4 is 40.3 Å². The molecule has 4 rings (SSSR count). The molecule has 1 N–H and O–H groups in total. The molecule has 0 aliphatic carbocycles. The molecule has 0 bridgehead atoms. The van der Waals surface area contributed by atoms with E-state index in [-0.39, 0.29) is 0 Å². The first-order valence-electron chi connectivity index (χ1n) is 8.82. The zero-order valence-corrected chi connectivity index (χ0v) is 16.5. The van der Waals surface area contributed by atoms with Crippen molar-refractivity contribution in [3.63, 3.8) is 0 Å². The maximum Gasteiger partial charge on any atom is 0.169 e. The first-order chi connectivity index (χ1) is 13.3. The molecule has 132 valence electrons. The van der Waals surface area contributed by atoms with E-state index in [0.717, 1.165) is 4.88 Å². The normalized spacial score (nSPS) is 12.1. The van der Waals surface area contributed by atoms with Crippen LogP contribution in [0, 0.1) is 0 Å². The lowest BCUT2D eigenvalue weighted by Crippen LogP contribution is -2.29. The van der Waals surface area contributed by atoms with Crippen LogP contribution in [0.1, 0.15) is 4.88 Å². The summed E-state index contributed by atoms with van der Waals surface area (Å²) in [5.74, 6) is 2.44. The zero-order valence-electron chi connectivity index (χ0n) is 14.8. The van der Waals surface area contributed by atoms with Crippen LogP contribution in [0.3, 0.4) is 0 Å². The lowest BCUT2D eigenvalue weighted by atomic mass is 10.4. The third-order valence-corrected chi connectivity index (χ3v) is 9.44. The third kappa shape index (κ3) is 3.47. The summed E-state index contributed by atoms with van der Waals surface area (Å²) < 4.78 is 0. The summed E-state index contributed by atoms with van der Waals surface area (Å²) in [6.07, 6.45) is 0. The molecule has 1 nitrogen and oxygen atoms in total. The Hall–Kier alpha value is -2.67. The maximum absolute atomic E-state index is 11.0. The van der Waals surface area contributed by atoms with Crippen molar-refractivity contribution in [3.05, 3.63) is 119 Å². The summed E-state index contributed by atoms with van der Waals surface area (Å²) in [7, 11) is -2.16. The molecule has 0 unspecified atom stereocenters. The van der Waals surface area contributed by atoms with Gasteiger partial charge in [0.1, 0.15) is 29.0 Å². The summed E-state index contributed by atoms with van der Waals surface area (Å²) in [5.41, 5.74) is 0. The van der Waals surface area contributed by atoms with Gasteiger partial charge < -0.3 is 5.11 Å². The minimum atomic E-state index is -2.16. The van der Waals surface area contributed by atoms with Crippen LogP contribution < -0.4 is 15.9 Å². The van der Waals surface area contributed by atoms with Gasteiger partial charge in [-0.2, -0.15) is 0 Å². The fourth-order valence-corrected chi connectivity index (χ4v) is 7.83. The van der Waals surface area contributed by atoms with Gasteiger partial charge in [0.15, 0.2) is 5.76 Å². The molecule has 1 aromatic heterocycles.